The van der Waals surface area contributed by atoms with Crippen LogP contribution in [0.25, 0.3) is 0 Å². The van der Waals surface area contributed by atoms with Gasteiger partial charge in [-0.2, -0.15) is 0 Å². The third-order valence-electron chi connectivity index (χ3n) is 4.19. The molecule has 0 aromatic rings. The molecule has 0 spiro atoms. The normalized spacial score (nSPS) is 28.1. The number of nitrogens with one attached hydrogen (secondary N) is 1. The minimum atomic E-state index is -0.419. The van der Waals surface area contributed by atoms with E-state index in [2.05, 4.69) is 10.2 Å². The Balaban J connectivity index is 1.64. The van der Waals surface area contributed by atoms with Crippen LogP contribution in [0, 0.1) is 5.92 Å². The van der Waals surface area contributed by atoms with E-state index in [0.717, 1.165) is 45.1 Å². The van der Waals surface area contributed by atoms with E-state index < -0.39 is 5.60 Å². The maximum atomic E-state index is 11.8. The summed E-state index contributed by atoms with van der Waals surface area (Å²) in [7, 11) is 0. The molecule has 2 rings (SSSR count). The number of amides is 1. The third-order valence-corrected chi connectivity index (χ3v) is 4.19. The minimum Gasteiger partial charge on any atom is -0.444 e. The second-order valence-electron chi connectivity index (χ2n) is 7.28. The van der Waals surface area contributed by atoms with Gasteiger partial charge >= 0.3 is 6.09 Å². The summed E-state index contributed by atoms with van der Waals surface area (Å²) in [4.78, 5) is 14.3. The average molecular weight is 298 g/mol. The minimum absolute atomic E-state index is 0.279. The monoisotopic (exact) mass is 298 g/mol. The lowest BCUT2D eigenvalue weighted by atomic mass is 9.85. The van der Waals surface area contributed by atoms with Crippen LogP contribution in [0.15, 0.2) is 0 Å². The zero-order valence-corrected chi connectivity index (χ0v) is 13.7. The summed E-state index contributed by atoms with van der Waals surface area (Å²) in [5.74, 6) is 0.764. The van der Waals surface area contributed by atoms with Crippen molar-refractivity contribution in [2.24, 2.45) is 5.92 Å². The van der Waals surface area contributed by atoms with E-state index in [1.165, 1.54) is 19.4 Å². The first kappa shape index (κ1) is 16.6. The molecule has 1 aliphatic carbocycles. The lowest BCUT2D eigenvalue weighted by Crippen LogP contribution is -2.43. The summed E-state index contributed by atoms with van der Waals surface area (Å²) < 4.78 is 10.7. The molecule has 1 amide bonds. The number of nitrogens with zero attached hydrogens (tertiary/aromatic N) is 1. The highest BCUT2D eigenvalue weighted by atomic mass is 16.6. The zero-order valence-electron chi connectivity index (χ0n) is 13.7. The van der Waals surface area contributed by atoms with Crippen molar-refractivity contribution >= 4 is 6.09 Å². The van der Waals surface area contributed by atoms with Gasteiger partial charge in [0.05, 0.1) is 13.2 Å². The molecule has 1 aliphatic heterocycles. The molecule has 2 fully saturated rings. The van der Waals surface area contributed by atoms with Crippen molar-refractivity contribution in [3.63, 3.8) is 0 Å². The van der Waals surface area contributed by atoms with Crippen molar-refractivity contribution < 1.29 is 14.3 Å². The van der Waals surface area contributed by atoms with Gasteiger partial charge in [0.25, 0.3) is 0 Å². The number of carbonyl (C=O) groups is 1. The van der Waals surface area contributed by atoms with E-state index in [9.17, 15) is 4.79 Å². The predicted octanol–water partition coefficient (Wildman–Crippen LogP) is 2.40. The number of alkyl carbamates (subject to hydrolysis) is 1. The predicted molar refractivity (Wildman–Crippen MR) is 82.4 cm³/mol. The van der Waals surface area contributed by atoms with Crippen molar-refractivity contribution in [3.05, 3.63) is 0 Å². The van der Waals surface area contributed by atoms with Crippen molar-refractivity contribution in [2.45, 2.75) is 58.1 Å². The second-order valence-corrected chi connectivity index (χ2v) is 7.28. The SMILES string of the molecule is CC(C)(C)OC(=O)N[C@H]1CC[C@H](CN2CCOCC2)CC1. The van der Waals surface area contributed by atoms with Crippen LogP contribution in [0.1, 0.15) is 46.5 Å². The standard InChI is InChI=1S/C16H30N2O3/c1-16(2,3)21-15(19)17-14-6-4-13(5-7-14)12-18-8-10-20-11-9-18/h13-14H,4-12H2,1-3H3,(H,17,19)/t13-,14-. The molecule has 5 heteroatoms. The van der Waals surface area contributed by atoms with Gasteiger partial charge in [-0.15, -0.1) is 0 Å². The van der Waals surface area contributed by atoms with Gasteiger partial charge in [-0.1, -0.05) is 0 Å². The highest BCUT2D eigenvalue weighted by molar-refractivity contribution is 5.68. The van der Waals surface area contributed by atoms with Gasteiger partial charge in [0.1, 0.15) is 5.60 Å². The molecule has 0 aromatic heterocycles. The summed E-state index contributed by atoms with van der Waals surface area (Å²) in [6.45, 7) is 10.7. The molecule has 0 bridgehead atoms. The maximum absolute atomic E-state index is 11.8. The molecule has 1 saturated carbocycles. The Morgan fingerprint density at radius 3 is 2.38 bits per heavy atom. The lowest BCUT2D eigenvalue weighted by molar-refractivity contribution is 0.0260. The molecule has 21 heavy (non-hydrogen) atoms. The Bertz CT molecular complexity index is 327. The van der Waals surface area contributed by atoms with E-state index in [0.29, 0.717) is 0 Å². The number of rotatable bonds is 3. The van der Waals surface area contributed by atoms with Gasteiger partial charge in [0.15, 0.2) is 0 Å². The van der Waals surface area contributed by atoms with Crippen LogP contribution in [-0.4, -0.2) is 55.5 Å². The number of carbonyl (C=O) groups excluding carboxylic acids is 1. The third kappa shape index (κ3) is 6.22. The summed E-state index contributed by atoms with van der Waals surface area (Å²) in [6, 6.07) is 0.279. The van der Waals surface area contributed by atoms with Crippen LogP contribution in [0.5, 0.6) is 0 Å². The number of ether oxygens (including phenoxy) is 2. The quantitative estimate of drug-likeness (QED) is 0.869. The second kappa shape index (κ2) is 7.45. The summed E-state index contributed by atoms with van der Waals surface area (Å²) in [5, 5.41) is 3.00. The van der Waals surface area contributed by atoms with Gasteiger partial charge in [0, 0.05) is 25.7 Å². The fourth-order valence-electron chi connectivity index (χ4n) is 3.11. The van der Waals surface area contributed by atoms with Crippen LogP contribution in [0.2, 0.25) is 0 Å². The first-order valence-corrected chi connectivity index (χ1v) is 8.22. The largest absolute Gasteiger partial charge is 0.444 e. The highest BCUT2D eigenvalue weighted by Gasteiger charge is 2.26. The molecular formula is C16H30N2O3. The van der Waals surface area contributed by atoms with Gasteiger partial charge in [0.2, 0.25) is 0 Å². The molecule has 0 aromatic carbocycles. The van der Waals surface area contributed by atoms with E-state index in [4.69, 9.17) is 9.47 Å². The van der Waals surface area contributed by atoms with Crippen LogP contribution < -0.4 is 5.32 Å². The Labute approximate surface area is 128 Å². The molecule has 1 saturated heterocycles. The average Bonchev–Trinajstić information content (AvgIpc) is 2.40. The summed E-state index contributed by atoms with van der Waals surface area (Å²) in [5.41, 5.74) is -0.419. The molecule has 5 nitrogen and oxygen atoms in total. The van der Waals surface area contributed by atoms with E-state index in [1.54, 1.807) is 0 Å². The number of morpholine rings is 1. The Kier molecular flexibility index (Phi) is 5.88. The molecule has 0 radical (unpaired) electrons. The molecular weight excluding hydrogens is 268 g/mol. The zero-order chi connectivity index (χ0) is 15.3. The van der Waals surface area contributed by atoms with E-state index in [-0.39, 0.29) is 12.1 Å². The van der Waals surface area contributed by atoms with Crippen LogP contribution in [0.3, 0.4) is 0 Å². The first-order valence-electron chi connectivity index (χ1n) is 8.22. The Morgan fingerprint density at radius 2 is 1.81 bits per heavy atom. The fourth-order valence-corrected chi connectivity index (χ4v) is 3.11. The van der Waals surface area contributed by atoms with Crippen molar-refractivity contribution in [3.8, 4) is 0 Å². The smallest absolute Gasteiger partial charge is 0.407 e. The molecule has 2 aliphatic rings. The fraction of sp³-hybridized carbons (Fsp3) is 0.938. The molecule has 1 N–H and O–H groups in total. The Hall–Kier alpha value is -0.810. The van der Waals surface area contributed by atoms with Gasteiger partial charge in [-0.3, -0.25) is 4.90 Å². The highest BCUT2D eigenvalue weighted by Crippen LogP contribution is 2.25. The van der Waals surface area contributed by atoms with E-state index >= 15 is 0 Å². The van der Waals surface area contributed by atoms with Crippen LogP contribution >= 0.6 is 0 Å². The van der Waals surface area contributed by atoms with Crippen molar-refractivity contribution in [1.29, 1.82) is 0 Å². The molecule has 0 unspecified atom stereocenters. The van der Waals surface area contributed by atoms with Gasteiger partial charge in [-0.05, 0) is 52.4 Å². The van der Waals surface area contributed by atoms with Gasteiger partial charge in [-0.25, -0.2) is 4.79 Å². The lowest BCUT2D eigenvalue weighted by Gasteiger charge is -2.34. The first-order chi connectivity index (χ1) is 9.92. The molecule has 122 valence electrons. The maximum Gasteiger partial charge on any atom is 0.407 e. The van der Waals surface area contributed by atoms with Crippen molar-refractivity contribution in [1.82, 2.24) is 10.2 Å². The topological polar surface area (TPSA) is 50.8 Å². The van der Waals surface area contributed by atoms with Gasteiger partial charge < -0.3 is 14.8 Å². The molecule has 1 heterocycles. The molecule has 0 atom stereocenters. The number of hydrogen-bond acceptors (Lipinski definition) is 4. The van der Waals surface area contributed by atoms with Crippen molar-refractivity contribution in [2.75, 3.05) is 32.8 Å². The van der Waals surface area contributed by atoms with E-state index in [1.807, 2.05) is 20.8 Å². The Morgan fingerprint density at radius 1 is 1.19 bits per heavy atom. The van der Waals surface area contributed by atoms with Crippen LogP contribution in [-0.2, 0) is 9.47 Å². The summed E-state index contributed by atoms with van der Waals surface area (Å²) >= 11 is 0. The number of hydrogen-bond donors (Lipinski definition) is 1. The van der Waals surface area contributed by atoms with Crippen LogP contribution in [0.4, 0.5) is 4.79 Å². The summed E-state index contributed by atoms with van der Waals surface area (Å²) in [6.07, 6.45) is 4.23.